The molecule has 16 heavy (non-hydrogen) atoms. The molecule has 0 fully saturated rings. The number of aliphatic hydroxyl groups excluding tert-OH is 1. The Kier molecular flexibility index (Phi) is 3.31. The highest BCUT2D eigenvalue weighted by Crippen LogP contribution is 2.24. The van der Waals surface area contributed by atoms with Crippen LogP contribution in [0.15, 0.2) is 16.2 Å². The first-order valence-electron chi connectivity index (χ1n) is 5.13. The van der Waals surface area contributed by atoms with E-state index >= 15 is 0 Å². The average molecular weight is 239 g/mol. The number of hydrogen-bond acceptors (Lipinski definition) is 6. The standard InChI is InChI=1S/C10H13N3O2S/c1-3-7(14)6(2)10-12-9(13-15-10)8-4-11-5-16-8/h4-7,14H,3H2,1-2H3. The lowest BCUT2D eigenvalue weighted by Gasteiger charge is -2.11. The molecule has 0 aliphatic heterocycles. The molecule has 0 bridgehead atoms. The third kappa shape index (κ3) is 2.12. The molecule has 0 radical (unpaired) electrons. The molecule has 5 nitrogen and oxygen atoms in total. The van der Waals surface area contributed by atoms with Crippen molar-refractivity contribution in [1.29, 1.82) is 0 Å². The average Bonchev–Trinajstić information content (AvgIpc) is 2.96. The maximum Gasteiger partial charge on any atom is 0.232 e. The van der Waals surface area contributed by atoms with Crippen molar-refractivity contribution >= 4 is 11.3 Å². The summed E-state index contributed by atoms with van der Waals surface area (Å²) in [5.41, 5.74) is 1.72. The summed E-state index contributed by atoms with van der Waals surface area (Å²) in [6.45, 7) is 3.79. The van der Waals surface area contributed by atoms with Crippen molar-refractivity contribution in [2.75, 3.05) is 0 Å². The van der Waals surface area contributed by atoms with E-state index in [-0.39, 0.29) is 5.92 Å². The van der Waals surface area contributed by atoms with Gasteiger partial charge in [-0.05, 0) is 6.42 Å². The molecule has 0 saturated carbocycles. The zero-order valence-corrected chi connectivity index (χ0v) is 9.94. The maximum atomic E-state index is 9.68. The summed E-state index contributed by atoms with van der Waals surface area (Å²) in [7, 11) is 0. The van der Waals surface area contributed by atoms with Crippen LogP contribution in [-0.2, 0) is 0 Å². The molecule has 2 aromatic heterocycles. The van der Waals surface area contributed by atoms with Gasteiger partial charge >= 0.3 is 0 Å². The van der Waals surface area contributed by atoms with Gasteiger partial charge in [-0.25, -0.2) is 0 Å². The van der Waals surface area contributed by atoms with Gasteiger partial charge in [-0.3, -0.25) is 4.98 Å². The Morgan fingerprint density at radius 3 is 3.00 bits per heavy atom. The maximum absolute atomic E-state index is 9.68. The fourth-order valence-corrected chi connectivity index (χ4v) is 1.91. The predicted molar refractivity (Wildman–Crippen MR) is 60.1 cm³/mol. The zero-order valence-electron chi connectivity index (χ0n) is 9.12. The Balaban J connectivity index is 2.20. The monoisotopic (exact) mass is 239 g/mol. The Bertz CT molecular complexity index is 441. The van der Waals surface area contributed by atoms with Crippen LogP contribution in [0.1, 0.15) is 32.1 Å². The lowest BCUT2D eigenvalue weighted by Crippen LogP contribution is -2.14. The second-order valence-electron chi connectivity index (χ2n) is 3.59. The van der Waals surface area contributed by atoms with Crippen molar-refractivity contribution in [1.82, 2.24) is 15.1 Å². The first kappa shape index (κ1) is 11.2. The molecule has 6 heteroatoms. The molecule has 0 aliphatic carbocycles. The summed E-state index contributed by atoms with van der Waals surface area (Å²) in [5.74, 6) is 0.865. The lowest BCUT2D eigenvalue weighted by atomic mass is 10.0. The van der Waals surface area contributed by atoms with E-state index in [1.807, 2.05) is 13.8 Å². The fourth-order valence-electron chi connectivity index (χ4n) is 1.36. The first-order valence-corrected chi connectivity index (χ1v) is 6.00. The van der Waals surface area contributed by atoms with E-state index in [4.69, 9.17) is 4.52 Å². The van der Waals surface area contributed by atoms with E-state index in [1.165, 1.54) is 11.3 Å². The van der Waals surface area contributed by atoms with Gasteiger partial charge in [-0.2, -0.15) is 4.98 Å². The van der Waals surface area contributed by atoms with E-state index in [0.717, 1.165) is 4.88 Å². The summed E-state index contributed by atoms with van der Waals surface area (Å²) < 4.78 is 5.13. The largest absolute Gasteiger partial charge is 0.392 e. The van der Waals surface area contributed by atoms with E-state index < -0.39 is 6.10 Å². The van der Waals surface area contributed by atoms with Gasteiger partial charge < -0.3 is 9.63 Å². The highest BCUT2D eigenvalue weighted by atomic mass is 32.1. The van der Waals surface area contributed by atoms with E-state index in [2.05, 4.69) is 15.1 Å². The van der Waals surface area contributed by atoms with Crippen LogP contribution in [0.4, 0.5) is 0 Å². The third-order valence-corrected chi connectivity index (χ3v) is 3.25. The molecular weight excluding hydrogens is 226 g/mol. The van der Waals surface area contributed by atoms with Crippen LogP contribution in [0.25, 0.3) is 10.7 Å². The molecule has 0 spiro atoms. The van der Waals surface area contributed by atoms with Crippen LogP contribution in [-0.4, -0.2) is 26.3 Å². The second-order valence-corrected chi connectivity index (χ2v) is 4.47. The number of thiazole rings is 1. The molecule has 2 rings (SSSR count). The first-order chi connectivity index (χ1) is 7.72. The van der Waals surface area contributed by atoms with Crippen molar-refractivity contribution < 1.29 is 9.63 Å². The predicted octanol–water partition coefficient (Wildman–Crippen LogP) is 2.07. The number of nitrogens with zero attached hydrogens (tertiary/aromatic N) is 3. The van der Waals surface area contributed by atoms with E-state index in [9.17, 15) is 5.11 Å². The number of aromatic nitrogens is 3. The molecule has 2 atom stereocenters. The second kappa shape index (κ2) is 4.71. The van der Waals surface area contributed by atoms with Crippen molar-refractivity contribution in [2.24, 2.45) is 0 Å². The smallest absolute Gasteiger partial charge is 0.232 e. The van der Waals surface area contributed by atoms with Crippen molar-refractivity contribution in [3.8, 4) is 10.7 Å². The summed E-state index contributed by atoms with van der Waals surface area (Å²) in [4.78, 5) is 9.07. The van der Waals surface area contributed by atoms with Crippen molar-refractivity contribution in [2.45, 2.75) is 32.3 Å². The Morgan fingerprint density at radius 1 is 1.56 bits per heavy atom. The van der Waals surface area contributed by atoms with Gasteiger partial charge in [0.05, 0.1) is 22.4 Å². The topological polar surface area (TPSA) is 72.0 Å². The quantitative estimate of drug-likeness (QED) is 0.884. The molecule has 2 heterocycles. The third-order valence-electron chi connectivity index (χ3n) is 2.48. The van der Waals surface area contributed by atoms with Gasteiger partial charge in [0.25, 0.3) is 0 Å². The Labute approximate surface area is 97.2 Å². The zero-order chi connectivity index (χ0) is 11.5. The van der Waals surface area contributed by atoms with Crippen LogP contribution < -0.4 is 0 Å². The minimum absolute atomic E-state index is 0.140. The van der Waals surface area contributed by atoms with E-state index in [1.54, 1.807) is 11.7 Å². The van der Waals surface area contributed by atoms with E-state index in [0.29, 0.717) is 18.1 Å². The highest BCUT2D eigenvalue weighted by molar-refractivity contribution is 7.13. The Hall–Kier alpha value is -1.27. The number of rotatable bonds is 4. The minimum atomic E-state index is -0.449. The van der Waals surface area contributed by atoms with Crippen LogP contribution in [0, 0.1) is 0 Å². The summed E-state index contributed by atoms with van der Waals surface area (Å²) >= 11 is 1.46. The van der Waals surface area contributed by atoms with Gasteiger partial charge in [-0.15, -0.1) is 11.3 Å². The van der Waals surface area contributed by atoms with Gasteiger partial charge in [-0.1, -0.05) is 19.0 Å². The molecule has 1 N–H and O–H groups in total. The molecule has 0 aliphatic rings. The molecule has 0 amide bonds. The molecule has 0 aromatic carbocycles. The summed E-state index contributed by atoms with van der Waals surface area (Å²) in [6.07, 6.45) is 1.91. The van der Waals surface area contributed by atoms with Crippen LogP contribution >= 0.6 is 11.3 Å². The van der Waals surface area contributed by atoms with Crippen LogP contribution in [0.2, 0.25) is 0 Å². The molecule has 2 aromatic rings. The SMILES string of the molecule is CCC(O)C(C)c1nc(-c2cncs2)no1. The van der Waals surface area contributed by atoms with Crippen molar-refractivity contribution in [3.63, 3.8) is 0 Å². The molecular formula is C10H13N3O2S. The number of aliphatic hydroxyl groups is 1. The minimum Gasteiger partial charge on any atom is -0.392 e. The summed E-state index contributed by atoms with van der Waals surface area (Å²) in [6, 6.07) is 0. The lowest BCUT2D eigenvalue weighted by molar-refractivity contribution is 0.129. The van der Waals surface area contributed by atoms with Crippen LogP contribution in [0.5, 0.6) is 0 Å². The normalized spacial score (nSPS) is 14.9. The molecule has 86 valence electrons. The summed E-state index contributed by atoms with van der Waals surface area (Å²) in [5, 5.41) is 13.6. The van der Waals surface area contributed by atoms with Gasteiger partial charge in [0.2, 0.25) is 11.7 Å². The van der Waals surface area contributed by atoms with Crippen molar-refractivity contribution in [3.05, 3.63) is 17.6 Å². The highest BCUT2D eigenvalue weighted by Gasteiger charge is 2.21. The molecule has 2 unspecified atom stereocenters. The van der Waals surface area contributed by atoms with Gasteiger partial charge in [0, 0.05) is 6.20 Å². The Morgan fingerprint density at radius 2 is 2.38 bits per heavy atom. The van der Waals surface area contributed by atoms with Crippen LogP contribution in [0.3, 0.4) is 0 Å². The van der Waals surface area contributed by atoms with Gasteiger partial charge in [0.1, 0.15) is 0 Å². The molecule has 0 saturated heterocycles. The van der Waals surface area contributed by atoms with Gasteiger partial charge in [0.15, 0.2) is 0 Å². The number of hydrogen-bond donors (Lipinski definition) is 1. The fraction of sp³-hybridized carbons (Fsp3) is 0.500.